The van der Waals surface area contributed by atoms with Crippen molar-refractivity contribution in [1.82, 2.24) is 0 Å². The molecule has 1 radical (unpaired) electrons. The predicted molar refractivity (Wildman–Crippen MR) is 47.9 cm³/mol. The molecule has 0 aromatic heterocycles. The lowest BCUT2D eigenvalue weighted by atomic mass is 10.1. The minimum absolute atomic E-state index is 0.942. The summed E-state index contributed by atoms with van der Waals surface area (Å²) in [6, 6.07) is 0. The van der Waals surface area contributed by atoms with Gasteiger partial charge in [-0.3, -0.25) is 0 Å². The first-order chi connectivity index (χ1) is 4.81. The molecule has 0 unspecified atom stereocenters. The van der Waals surface area contributed by atoms with E-state index in [1.807, 2.05) is 0 Å². The number of unbranched alkanes of at least 4 members (excludes halogenated alkanes) is 2. The fraction of sp³-hybridized carbons (Fsp3) is 0.700. The number of hydrogen-bond donors (Lipinski definition) is 0. The van der Waals surface area contributed by atoms with Gasteiger partial charge in [0, 0.05) is 0 Å². The molecule has 0 aliphatic heterocycles. The molecule has 10 heavy (non-hydrogen) atoms. The summed E-state index contributed by atoms with van der Waals surface area (Å²) in [5.74, 6) is 0. The molecule has 0 heterocycles. The third-order valence-electron chi connectivity index (χ3n) is 1.67. The number of allylic oxidation sites excluding steroid dienone is 2. The van der Waals surface area contributed by atoms with Crippen molar-refractivity contribution in [2.24, 2.45) is 0 Å². The Morgan fingerprint density at radius 3 is 2.60 bits per heavy atom. The van der Waals surface area contributed by atoms with Crippen LogP contribution in [0.2, 0.25) is 0 Å². The van der Waals surface area contributed by atoms with E-state index >= 15 is 0 Å². The highest BCUT2D eigenvalue weighted by molar-refractivity contribution is 4.97. The van der Waals surface area contributed by atoms with Crippen molar-refractivity contribution in [2.45, 2.75) is 46.0 Å². The number of hydrogen-bond acceptors (Lipinski definition) is 0. The molecule has 0 aromatic rings. The van der Waals surface area contributed by atoms with E-state index in [0.29, 0.717) is 0 Å². The van der Waals surface area contributed by atoms with Gasteiger partial charge in [0.1, 0.15) is 0 Å². The second-order valence-corrected chi connectivity index (χ2v) is 2.80. The highest BCUT2D eigenvalue weighted by Crippen LogP contribution is 2.07. The fourth-order valence-electron chi connectivity index (χ4n) is 1.00. The van der Waals surface area contributed by atoms with Crippen LogP contribution in [0.4, 0.5) is 0 Å². The van der Waals surface area contributed by atoms with E-state index in [2.05, 4.69) is 26.8 Å². The Hall–Kier alpha value is -0.260. The Bertz CT molecular complexity index is 90.2. The van der Waals surface area contributed by atoms with Crippen LogP contribution in [0, 0.1) is 6.92 Å². The summed E-state index contributed by atoms with van der Waals surface area (Å²) in [5, 5.41) is 0. The van der Waals surface area contributed by atoms with E-state index < -0.39 is 0 Å². The molecule has 0 spiro atoms. The molecule has 0 saturated carbocycles. The van der Waals surface area contributed by atoms with Gasteiger partial charge in [0.15, 0.2) is 0 Å². The van der Waals surface area contributed by atoms with Crippen LogP contribution in [0.25, 0.3) is 0 Å². The molecule has 0 fully saturated rings. The molecule has 0 atom stereocenters. The van der Waals surface area contributed by atoms with Gasteiger partial charge in [-0.15, -0.1) is 0 Å². The summed E-state index contributed by atoms with van der Waals surface area (Å²) in [7, 11) is 0. The van der Waals surface area contributed by atoms with Crippen molar-refractivity contribution < 1.29 is 0 Å². The first-order valence-corrected chi connectivity index (χ1v) is 4.26. The average molecular weight is 139 g/mol. The SMILES string of the molecule is [CH2]C/C=C(\C)CCCCC. The smallest absolute Gasteiger partial charge is 0.0323 e. The lowest BCUT2D eigenvalue weighted by Gasteiger charge is -1.98. The van der Waals surface area contributed by atoms with Gasteiger partial charge in [-0.05, 0) is 33.1 Å². The Kier molecular flexibility index (Phi) is 6.68. The first kappa shape index (κ1) is 9.74. The van der Waals surface area contributed by atoms with Crippen LogP contribution in [0.5, 0.6) is 0 Å². The number of rotatable bonds is 5. The van der Waals surface area contributed by atoms with Crippen LogP contribution in [0.3, 0.4) is 0 Å². The zero-order valence-electron chi connectivity index (χ0n) is 7.32. The van der Waals surface area contributed by atoms with Gasteiger partial charge in [0.05, 0.1) is 0 Å². The Labute approximate surface area is 65.3 Å². The lowest BCUT2D eigenvalue weighted by Crippen LogP contribution is -1.78. The molecule has 0 saturated heterocycles. The van der Waals surface area contributed by atoms with Crippen molar-refractivity contribution in [3.8, 4) is 0 Å². The summed E-state index contributed by atoms with van der Waals surface area (Å²) < 4.78 is 0. The third-order valence-corrected chi connectivity index (χ3v) is 1.67. The van der Waals surface area contributed by atoms with Crippen molar-refractivity contribution in [1.29, 1.82) is 0 Å². The van der Waals surface area contributed by atoms with Gasteiger partial charge in [0.2, 0.25) is 0 Å². The van der Waals surface area contributed by atoms with E-state index in [-0.39, 0.29) is 0 Å². The molecular formula is C10H19. The quantitative estimate of drug-likeness (QED) is 0.402. The van der Waals surface area contributed by atoms with E-state index in [1.165, 1.54) is 31.3 Å². The second-order valence-electron chi connectivity index (χ2n) is 2.80. The zero-order chi connectivity index (χ0) is 7.82. The normalized spacial score (nSPS) is 12.1. The fourth-order valence-corrected chi connectivity index (χ4v) is 1.00. The van der Waals surface area contributed by atoms with E-state index in [9.17, 15) is 0 Å². The standard InChI is InChI=1S/C10H19/c1-4-6-7-9-10(3)8-5-2/h8H,2,4-7,9H2,1,3H3/b10-8+. The maximum Gasteiger partial charge on any atom is -0.0323 e. The van der Waals surface area contributed by atoms with E-state index in [4.69, 9.17) is 0 Å². The van der Waals surface area contributed by atoms with Crippen LogP contribution in [0.1, 0.15) is 46.0 Å². The molecule has 59 valence electrons. The van der Waals surface area contributed by atoms with Crippen LogP contribution in [-0.4, -0.2) is 0 Å². The summed E-state index contributed by atoms with van der Waals surface area (Å²) in [6.07, 6.45) is 8.45. The highest BCUT2D eigenvalue weighted by Gasteiger charge is 1.87. The van der Waals surface area contributed by atoms with Crippen LogP contribution < -0.4 is 0 Å². The third kappa shape index (κ3) is 5.87. The topological polar surface area (TPSA) is 0 Å². The minimum Gasteiger partial charge on any atom is -0.0856 e. The molecular weight excluding hydrogens is 120 g/mol. The minimum atomic E-state index is 0.942. The van der Waals surface area contributed by atoms with Crippen molar-refractivity contribution in [3.63, 3.8) is 0 Å². The Morgan fingerprint density at radius 2 is 2.10 bits per heavy atom. The van der Waals surface area contributed by atoms with Crippen LogP contribution in [0.15, 0.2) is 11.6 Å². The maximum absolute atomic E-state index is 3.78. The van der Waals surface area contributed by atoms with Crippen LogP contribution in [-0.2, 0) is 0 Å². The van der Waals surface area contributed by atoms with Gasteiger partial charge in [-0.25, -0.2) is 0 Å². The molecule has 0 heteroatoms. The summed E-state index contributed by atoms with van der Waals surface area (Å²) in [4.78, 5) is 0. The monoisotopic (exact) mass is 139 g/mol. The molecule has 0 aliphatic carbocycles. The molecule has 0 bridgehead atoms. The van der Waals surface area contributed by atoms with Crippen molar-refractivity contribution in [3.05, 3.63) is 18.6 Å². The summed E-state index contributed by atoms with van der Waals surface area (Å²) in [6.45, 7) is 8.21. The van der Waals surface area contributed by atoms with Gasteiger partial charge < -0.3 is 0 Å². The molecule has 0 amide bonds. The molecule has 0 rings (SSSR count). The largest absolute Gasteiger partial charge is 0.0856 e. The summed E-state index contributed by atoms with van der Waals surface area (Å²) in [5.41, 5.74) is 1.50. The zero-order valence-corrected chi connectivity index (χ0v) is 7.32. The predicted octanol–water partition coefficient (Wildman–Crippen LogP) is 3.74. The van der Waals surface area contributed by atoms with Gasteiger partial charge >= 0.3 is 0 Å². The van der Waals surface area contributed by atoms with E-state index in [0.717, 1.165) is 6.42 Å². The van der Waals surface area contributed by atoms with Crippen molar-refractivity contribution in [2.75, 3.05) is 0 Å². The molecule has 0 N–H and O–H groups in total. The first-order valence-electron chi connectivity index (χ1n) is 4.26. The summed E-state index contributed by atoms with van der Waals surface area (Å²) >= 11 is 0. The van der Waals surface area contributed by atoms with Gasteiger partial charge in [-0.2, -0.15) is 0 Å². The molecule has 0 nitrogen and oxygen atoms in total. The Balaban J connectivity index is 3.21. The Morgan fingerprint density at radius 1 is 1.40 bits per heavy atom. The second kappa shape index (κ2) is 6.85. The van der Waals surface area contributed by atoms with E-state index in [1.54, 1.807) is 0 Å². The van der Waals surface area contributed by atoms with Crippen molar-refractivity contribution >= 4 is 0 Å². The molecule has 0 aromatic carbocycles. The highest BCUT2D eigenvalue weighted by atomic mass is 13.9. The average Bonchev–Trinajstić information content (AvgIpc) is 1.89. The van der Waals surface area contributed by atoms with Crippen LogP contribution >= 0.6 is 0 Å². The van der Waals surface area contributed by atoms with Gasteiger partial charge in [0.25, 0.3) is 0 Å². The molecule has 0 aliphatic rings. The van der Waals surface area contributed by atoms with Gasteiger partial charge in [-0.1, -0.05) is 31.4 Å². The lowest BCUT2D eigenvalue weighted by molar-refractivity contribution is 0.712. The maximum atomic E-state index is 3.78.